The third kappa shape index (κ3) is 3.54. The van der Waals surface area contributed by atoms with Gasteiger partial charge in [0.2, 0.25) is 0 Å². The van der Waals surface area contributed by atoms with E-state index in [1.165, 1.54) is 6.07 Å². The molecule has 0 aliphatic carbocycles. The van der Waals surface area contributed by atoms with E-state index in [0.29, 0.717) is 0 Å². The Morgan fingerprint density at radius 1 is 1.23 bits per heavy atom. The Morgan fingerprint density at radius 2 is 2.00 bits per heavy atom. The summed E-state index contributed by atoms with van der Waals surface area (Å²) >= 11 is 1.61. The van der Waals surface area contributed by atoms with E-state index in [-0.39, 0.29) is 11.7 Å². The van der Waals surface area contributed by atoms with Gasteiger partial charge >= 0.3 is 0 Å². The molecule has 116 valence electrons. The summed E-state index contributed by atoms with van der Waals surface area (Å²) < 4.78 is 13.2. The first-order valence-electron chi connectivity index (χ1n) is 7.43. The quantitative estimate of drug-likeness (QED) is 0.868. The van der Waals surface area contributed by atoms with E-state index in [9.17, 15) is 9.18 Å². The van der Waals surface area contributed by atoms with E-state index in [1.807, 2.05) is 29.3 Å². The number of rotatable bonds is 3. The molecule has 1 fully saturated rings. The normalized spacial score (nSPS) is 16.0. The third-order valence-electron chi connectivity index (χ3n) is 3.93. The SMILES string of the molecule is Cc1cc(C(=O)N2CCN(Cc3cccc(F)c3)CC2)cs1. The second kappa shape index (κ2) is 6.58. The Kier molecular flexibility index (Phi) is 4.55. The molecule has 1 amide bonds. The van der Waals surface area contributed by atoms with Gasteiger partial charge in [-0.1, -0.05) is 12.1 Å². The molecule has 2 heterocycles. The molecule has 0 spiro atoms. The highest BCUT2D eigenvalue weighted by atomic mass is 32.1. The van der Waals surface area contributed by atoms with Gasteiger partial charge in [-0.15, -0.1) is 11.3 Å². The zero-order valence-corrected chi connectivity index (χ0v) is 13.4. The van der Waals surface area contributed by atoms with Crippen LogP contribution in [0.4, 0.5) is 4.39 Å². The molecule has 1 aliphatic heterocycles. The summed E-state index contributed by atoms with van der Waals surface area (Å²) in [6.45, 7) is 5.85. The van der Waals surface area contributed by atoms with Gasteiger partial charge in [-0.3, -0.25) is 9.69 Å². The van der Waals surface area contributed by atoms with Crippen molar-refractivity contribution < 1.29 is 9.18 Å². The maximum absolute atomic E-state index is 13.2. The van der Waals surface area contributed by atoms with E-state index < -0.39 is 0 Å². The lowest BCUT2D eigenvalue weighted by molar-refractivity contribution is 0.0629. The minimum Gasteiger partial charge on any atom is -0.336 e. The van der Waals surface area contributed by atoms with Crippen LogP contribution in [0.5, 0.6) is 0 Å². The monoisotopic (exact) mass is 318 g/mol. The number of amides is 1. The second-order valence-electron chi connectivity index (χ2n) is 5.64. The lowest BCUT2D eigenvalue weighted by Gasteiger charge is -2.34. The average Bonchev–Trinajstić information content (AvgIpc) is 2.94. The molecule has 3 rings (SSSR count). The van der Waals surface area contributed by atoms with Gasteiger partial charge in [0.15, 0.2) is 0 Å². The highest BCUT2D eigenvalue weighted by Crippen LogP contribution is 2.17. The summed E-state index contributed by atoms with van der Waals surface area (Å²) in [4.78, 5) is 17.7. The Bertz CT molecular complexity index is 662. The number of carbonyl (C=O) groups excluding carboxylic acids is 1. The summed E-state index contributed by atoms with van der Waals surface area (Å²) in [5, 5.41) is 1.93. The van der Waals surface area contributed by atoms with Gasteiger partial charge in [-0.2, -0.15) is 0 Å². The number of thiophene rings is 1. The standard InChI is InChI=1S/C17H19FN2OS/c1-13-9-15(12-22-13)17(21)20-7-5-19(6-8-20)11-14-3-2-4-16(18)10-14/h2-4,9-10,12H,5-8,11H2,1H3. The van der Waals surface area contributed by atoms with Gasteiger partial charge in [0.25, 0.3) is 5.91 Å². The number of halogens is 1. The van der Waals surface area contributed by atoms with Crippen LogP contribution in [0.25, 0.3) is 0 Å². The van der Waals surface area contributed by atoms with Crippen LogP contribution in [-0.4, -0.2) is 41.9 Å². The highest BCUT2D eigenvalue weighted by Gasteiger charge is 2.22. The van der Waals surface area contributed by atoms with E-state index in [4.69, 9.17) is 0 Å². The van der Waals surface area contributed by atoms with Crippen LogP contribution in [0.2, 0.25) is 0 Å². The van der Waals surface area contributed by atoms with Gasteiger partial charge < -0.3 is 4.90 Å². The molecule has 2 aromatic rings. The van der Waals surface area contributed by atoms with Crippen LogP contribution >= 0.6 is 11.3 Å². The second-order valence-corrected chi connectivity index (χ2v) is 6.76. The first kappa shape index (κ1) is 15.2. The molecular formula is C17H19FN2OS. The molecule has 1 saturated heterocycles. The van der Waals surface area contributed by atoms with Gasteiger partial charge in [0.05, 0.1) is 5.56 Å². The molecule has 0 bridgehead atoms. The molecule has 0 unspecified atom stereocenters. The number of carbonyl (C=O) groups is 1. The molecule has 3 nitrogen and oxygen atoms in total. The summed E-state index contributed by atoms with van der Waals surface area (Å²) in [7, 11) is 0. The molecule has 1 aromatic heterocycles. The first-order chi connectivity index (χ1) is 10.6. The summed E-state index contributed by atoms with van der Waals surface area (Å²) in [6.07, 6.45) is 0. The Balaban J connectivity index is 1.55. The fourth-order valence-electron chi connectivity index (χ4n) is 2.74. The van der Waals surface area contributed by atoms with Crippen LogP contribution in [-0.2, 0) is 6.54 Å². The topological polar surface area (TPSA) is 23.6 Å². The van der Waals surface area contributed by atoms with Crippen molar-refractivity contribution in [2.75, 3.05) is 26.2 Å². The van der Waals surface area contributed by atoms with Gasteiger partial charge in [-0.05, 0) is 30.7 Å². The van der Waals surface area contributed by atoms with Crippen molar-refractivity contribution in [3.8, 4) is 0 Å². The summed E-state index contributed by atoms with van der Waals surface area (Å²) in [5.41, 5.74) is 1.77. The van der Waals surface area contributed by atoms with Gasteiger partial charge in [-0.25, -0.2) is 4.39 Å². The minimum absolute atomic E-state index is 0.120. The lowest BCUT2D eigenvalue weighted by atomic mass is 10.2. The number of hydrogen-bond acceptors (Lipinski definition) is 3. The van der Waals surface area contributed by atoms with Crippen molar-refractivity contribution in [2.24, 2.45) is 0 Å². The Hall–Kier alpha value is -1.72. The van der Waals surface area contributed by atoms with E-state index in [2.05, 4.69) is 4.90 Å². The molecule has 22 heavy (non-hydrogen) atoms. The molecule has 0 atom stereocenters. The minimum atomic E-state index is -0.195. The van der Waals surface area contributed by atoms with Gasteiger partial charge in [0, 0.05) is 43.0 Å². The third-order valence-corrected chi connectivity index (χ3v) is 4.79. The molecule has 0 saturated carbocycles. The predicted molar refractivity (Wildman–Crippen MR) is 86.6 cm³/mol. The van der Waals surface area contributed by atoms with Crippen molar-refractivity contribution in [1.29, 1.82) is 0 Å². The number of aryl methyl sites for hydroxylation is 1. The summed E-state index contributed by atoms with van der Waals surface area (Å²) in [6, 6.07) is 8.67. The van der Waals surface area contributed by atoms with Crippen molar-refractivity contribution in [2.45, 2.75) is 13.5 Å². The number of nitrogens with zero attached hydrogens (tertiary/aromatic N) is 2. The van der Waals surface area contributed by atoms with Crippen LogP contribution in [0.1, 0.15) is 20.8 Å². The van der Waals surface area contributed by atoms with Crippen LogP contribution in [0.15, 0.2) is 35.7 Å². The number of benzene rings is 1. The van der Waals surface area contributed by atoms with Crippen molar-refractivity contribution in [1.82, 2.24) is 9.80 Å². The number of hydrogen-bond donors (Lipinski definition) is 0. The van der Waals surface area contributed by atoms with Crippen LogP contribution < -0.4 is 0 Å². The summed E-state index contributed by atoms with van der Waals surface area (Å²) in [5.74, 6) is -0.0751. The molecule has 5 heteroatoms. The fraction of sp³-hybridized carbons (Fsp3) is 0.353. The molecule has 1 aliphatic rings. The smallest absolute Gasteiger partial charge is 0.254 e. The molecule has 0 radical (unpaired) electrons. The van der Waals surface area contributed by atoms with Crippen LogP contribution in [0.3, 0.4) is 0 Å². The zero-order chi connectivity index (χ0) is 15.5. The fourth-order valence-corrected chi connectivity index (χ4v) is 3.42. The maximum Gasteiger partial charge on any atom is 0.254 e. The maximum atomic E-state index is 13.2. The van der Waals surface area contributed by atoms with E-state index in [1.54, 1.807) is 23.5 Å². The molecule has 1 aromatic carbocycles. The lowest BCUT2D eigenvalue weighted by Crippen LogP contribution is -2.48. The molecule has 0 N–H and O–H groups in total. The highest BCUT2D eigenvalue weighted by molar-refractivity contribution is 7.10. The van der Waals surface area contributed by atoms with Crippen molar-refractivity contribution in [3.05, 3.63) is 57.5 Å². The predicted octanol–water partition coefficient (Wildman–Crippen LogP) is 3.15. The largest absolute Gasteiger partial charge is 0.336 e. The Morgan fingerprint density at radius 3 is 2.64 bits per heavy atom. The van der Waals surface area contributed by atoms with Crippen molar-refractivity contribution in [3.63, 3.8) is 0 Å². The van der Waals surface area contributed by atoms with Gasteiger partial charge in [0.1, 0.15) is 5.82 Å². The van der Waals surface area contributed by atoms with E-state index in [0.717, 1.165) is 48.7 Å². The van der Waals surface area contributed by atoms with E-state index >= 15 is 0 Å². The van der Waals surface area contributed by atoms with Crippen LogP contribution in [0, 0.1) is 12.7 Å². The zero-order valence-electron chi connectivity index (χ0n) is 12.6. The Labute approximate surface area is 134 Å². The number of piperazine rings is 1. The average molecular weight is 318 g/mol. The first-order valence-corrected chi connectivity index (χ1v) is 8.31. The molecular weight excluding hydrogens is 299 g/mol. The van der Waals surface area contributed by atoms with Crippen molar-refractivity contribution >= 4 is 17.2 Å².